The van der Waals surface area contributed by atoms with E-state index in [2.05, 4.69) is 4.98 Å². The van der Waals surface area contributed by atoms with Crippen LogP contribution in [0.15, 0.2) is 23.0 Å². The largest absolute Gasteiger partial charge is 0.503 e. The monoisotopic (exact) mass is 225 g/mol. The van der Waals surface area contributed by atoms with Crippen molar-refractivity contribution < 1.29 is 10.2 Å². The van der Waals surface area contributed by atoms with Gasteiger partial charge in [-0.3, -0.25) is 4.79 Å². The van der Waals surface area contributed by atoms with Gasteiger partial charge in [-0.05, 0) is 12.1 Å². The van der Waals surface area contributed by atoms with Crippen LogP contribution in [0.3, 0.4) is 0 Å². The number of halogens is 1. The molecule has 1 heterocycles. The highest BCUT2D eigenvalue weighted by molar-refractivity contribution is 6.31. The summed E-state index contributed by atoms with van der Waals surface area (Å²) in [6.45, 7) is -0.395. The predicted molar refractivity (Wildman–Crippen MR) is 57.2 cm³/mol. The SMILES string of the molecule is O=c1[nH]c2cc(Cl)ccc2c(CO)c1O. The number of pyridine rings is 1. The molecule has 1 aromatic heterocycles. The first-order chi connectivity index (χ1) is 7.13. The number of hydrogen-bond donors (Lipinski definition) is 3. The standard InChI is InChI=1S/C10H8ClNO3/c11-5-1-2-6-7(4-13)9(14)10(15)12-8(6)3-5/h1-3,13-14H,4H2,(H,12,15). The van der Waals surface area contributed by atoms with Gasteiger partial charge in [-0.25, -0.2) is 0 Å². The summed E-state index contributed by atoms with van der Waals surface area (Å²) in [5.74, 6) is -0.452. The Morgan fingerprint density at radius 2 is 2.13 bits per heavy atom. The van der Waals surface area contributed by atoms with Gasteiger partial charge in [0, 0.05) is 16.0 Å². The van der Waals surface area contributed by atoms with Gasteiger partial charge in [-0.2, -0.15) is 0 Å². The number of aliphatic hydroxyl groups excluding tert-OH is 1. The lowest BCUT2D eigenvalue weighted by Crippen LogP contribution is -2.08. The van der Waals surface area contributed by atoms with E-state index in [9.17, 15) is 9.90 Å². The van der Waals surface area contributed by atoms with Crippen molar-refractivity contribution in [1.29, 1.82) is 0 Å². The summed E-state index contributed by atoms with van der Waals surface area (Å²) in [7, 11) is 0. The van der Waals surface area contributed by atoms with Crippen LogP contribution in [0.1, 0.15) is 5.56 Å². The van der Waals surface area contributed by atoms with Crippen molar-refractivity contribution in [2.75, 3.05) is 0 Å². The molecule has 1 aromatic carbocycles. The number of benzene rings is 1. The molecule has 3 N–H and O–H groups in total. The van der Waals surface area contributed by atoms with Crippen molar-refractivity contribution in [3.63, 3.8) is 0 Å². The number of nitrogens with one attached hydrogen (secondary N) is 1. The van der Waals surface area contributed by atoms with Gasteiger partial charge in [0.15, 0.2) is 5.75 Å². The van der Waals surface area contributed by atoms with Crippen molar-refractivity contribution in [2.45, 2.75) is 6.61 Å². The molecule has 0 aliphatic heterocycles. The summed E-state index contributed by atoms with van der Waals surface area (Å²) >= 11 is 5.76. The van der Waals surface area contributed by atoms with Crippen LogP contribution in [0, 0.1) is 0 Å². The van der Waals surface area contributed by atoms with Crippen LogP contribution in [0.5, 0.6) is 5.75 Å². The maximum atomic E-state index is 11.3. The second-order valence-corrected chi connectivity index (χ2v) is 3.57. The van der Waals surface area contributed by atoms with Crippen LogP contribution in [-0.4, -0.2) is 15.2 Å². The van der Waals surface area contributed by atoms with E-state index in [1.54, 1.807) is 18.2 Å². The summed E-state index contributed by atoms with van der Waals surface area (Å²) in [6, 6.07) is 4.83. The second kappa shape index (κ2) is 3.56. The molecule has 15 heavy (non-hydrogen) atoms. The van der Waals surface area contributed by atoms with Gasteiger partial charge >= 0.3 is 0 Å². The zero-order valence-corrected chi connectivity index (χ0v) is 8.38. The smallest absolute Gasteiger partial charge is 0.290 e. The van der Waals surface area contributed by atoms with Gasteiger partial charge < -0.3 is 15.2 Å². The molecule has 2 aromatic rings. The number of H-pyrrole nitrogens is 1. The van der Waals surface area contributed by atoms with E-state index >= 15 is 0 Å². The average molecular weight is 226 g/mol. The van der Waals surface area contributed by atoms with Crippen LogP contribution in [0.4, 0.5) is 0 Å². The topological polar surface area (TPSA) is 73.3 Å². The lowest BCUT2D eigenvalue weighted by molar-refractivity contribution is 0.276. The number of aliphatic hydroxyl groups is 1. The number of rotatable bonds is 1. The molecule has 0 fully saturated rings. The molecule has 0 unspecified atom stereocenters. The Hall–Kier alpha value is -1.52. The molecule has 0 aliphatic rings. The van der Waals surface area contributed by atoms with E-state index < -0.39 is 17.9 Å². The summed E-state index contributed by atoms with van der Waals surface area (Å²) in [4.78, 5) is 13.7. The molecule has 5 heteroatoms. The molecule has 2 rings (SSSR count). The first-order valence-electron chi connectivity index (χ1n) is 4.27. The van der Waals surface area contributed by atoms with Gasteiger partial charge in [-0.1, -0.05) is 17.7 Å². The van der Waals surface area contributed by atoms with E-state index in [0.717, 1.165) is 0 Å². The van der Waals surface area contributed by atoms with Gasteiger partial charge in [0.2, 0.25) is 0 Å². The van der Waals surface area contributed by atoms with Gasteiger partial charge in [-0.15, -0.1) is 0 Å². The van der Waals surface area contributed by atoms with E-state index in [0.29, 0.717) is 15.9 Å². The highest BCUT2D eigenvalue weighted by Crippen LogP contribution is 2.24. The van der Waals surface area contributed by atoms with Crippen LogP contribution in [0.25, 0.3) is 10.9 Å². The van der Waals surface area contributed by atoms with Crippen LogP contribution < -0.4 is 5.56 Å². The first-order valence-corrected chi connectivity index (χ1v) is 4.65. The van der Waals surface area contributed by atoms with E-state index in [4.69, 9.17) is 16.7 Å². The quantitative estimate of drug-likeness (QED) is 0.687. The van der Waals surface area contributed by atoms with Crippen molar-refractivity contribution >= 4 is 22.5 Å². The molecule has 0 atom stereocenters. The fourth-order valence-corrected chi connectivity index (χ4v) is 1.66. The molecule has 0 spiro atoms. The lowest BCUT2D eigenvalue weighted by Gasteiger charge is -2.05. The van der Waals surface area contributed by atoms with Gasteiger partial charge in [0.25, 0.3) is 5.56 Å². The third-order valence-corrected chi connectivity index (χ3v) is 2.45. The first kappa shape index (κ1) is 10.0. The minimum absolute atomic E-state index is 0.213. The third kappa shape index (κ3) is 1.58. The molecular weight excluding hydrogens is 218 g/mol. The average Bonchev–Trinajstić information content (AvgIpc) is 2.20. The zero-order chi connectivity index (χ0) is 11.0. The number of fused-ring (bicyclic) bond motifs is 1. The van der Waals surface area contributed by atoms with Gasteiger partial charge in [0.05, 0.1) is 12.1 Å². The normalized spacial score (nSPS) is 10.8. The summed E-state index contributed by atoms with van der Waals surface area (Å²) in [6.07, 6.45) is 0. The Morgan fingerprint density at radius 1 is 1.40 bits per heavy atom. The Balaban J connectivity index is 2.94. The summed E-state index contributed by atoms with van der Waals surface area (Å²) in [5.41, 5.74) is 0.0774. The third-order valence-electron chi connectivity index (χ3n) is 2.21. The fourth-order valence-electron chi connectivity index (χ4n) is 1.49. The van der Waals surface area contributed by atoms with Crippen molar-refractivity contribution in [1.82, 2.24) is 4.98 Å². The molecular formula is C10H8ClNO3. The predicted octanol–water partition coefficient (Wildman–Crippen LogP) is 1.38. The Morgan fingerprint density at radius 3 is 2.80 bits per heavy atom. The van der Waals surface area contributed by atoms with Gasteiger partial charge in [0.1, 0.15) is 0 Å². The molecule has 4 nitrogen and oxygen atoms in total. The fraction of sp³-hybridized carbons (Fsp3) is 0.100. The van der Waals surface area contributed by atoms with Crippen molar-refractivity contribution in [3.05, 3.63) is 39.1 Å². The summed E-state index contributed by atoms with van der Waals surface area (Å²) < 4.78 is 0. The van der Waals surface area contributed by atoms with Crippen molar-refractivity contribution in [2.24, 2.45) is 0 Å². The molecule has 0 bridgehead atoms. The minimum Gasteiger partial charge on any atom is -0.503 e. The van der Waals surface area contributed by atoms with Crippen molar-refractivity contribution in [3.8, 4) is 5.75 Å². The molecule has 78 valence electrons. The van der Waals surface area contributed by atoms with Crippen LogP contribution in [-0.2, 0) is 6.61 Å². The molecule has 0 aliphatic carbocycles. The maximum Gasteiger partial charge on any atom is 0.290 e. The molecule has 0 amide bonds. The van der Waals surface area contributed by atoms with Crippen LogP contribution >= 0.6 is 11.6 Å². The molecule has 0 saturated heterocycles. The number of aromatic nitrogens is 1. The Labute approximate surface area is 89.8 Å². The Bertz CT molecular complexity index is 577. The second-order valence-electron chi connectivity index (χ2n) is 3.13. The lowest BCUT2D eigenvalue weighted by atomic mass is 10.1. The molecule has 0 saturated carbocycles. The number of aromatic hydroxyl groups is 1. The highest BCUT2D eigenvalue weighted by atomic mass is 35.5. The Kier molecular flexibility index (Phi) is 2.38. The van der Waals surface area contributed by atoms with Crippen LogP contribution in [0.2, 0.25) is 5.02 Å². The minimum atomic E-state index is -0.631. The summed E-state index contributed by atoms with van der Waals surface area (Å²) in [5, 5.41) is 19.6. The highest BCUT2D eigenvalue weighted by Gasteiger charge is 2.10. The van der Waals surface area contributed by atoms with E-state index in [1.807, 2.05) is 0 Å². The van der Waals surface area contributed by atoms with E-state index in [-0.39, 0.29) is 5.56 Å². The zero-order valence-electron chi connectivity index (χ0n) is 7.62. The number of hydrogen-bond acceptors (Lipinski definition) is 3. The maximum absolute atomic E-state index is 11.3. The molecule has 0 radical (unpaired) electrons. The number of aromatic amines is 1. The van der Waals surface area contributed by atoms with E-state index in [1.165, 1.54) is 0 Å².